The van der Waals surface area contributed by atoms with Gasteiger partial charge in [0, 0.05) is 51.0 Å². The van der Waals surface area contributed by atoms with E-state index in [0.29, 0.717) is 17.5 Å². The topological polar surface area (TPSA) is 65.6 Å². The molecule has 3 aromatic heterocycles. The van der Waals surface area contributed by atoms with Crippen LogP contribution in [0.1, 0.15) is 0 Å². The largest absolute Gasteiger partial charge is 0.328 e. The Hall–Kier alpha value is -5.40. The number of hydrogen-bond donors (Lipinski definition) is 0. The van der Waals surface area contributed by atoms with Crippen LogP contribution in [0.3, 0.4) is 0 Å². The maximum Gasteiger partial charge on any atom is 0.328 e. The van der Waals surface area contributed by atoms with Crippen molar-refractivity contribution < 1.29 is 0 Å². The molecule has 0 N–H and O–H groups in total. The number of hydrogen-bond acceptors (Lipinski definition) is 5. The molecule has 0 bridgehead atoms. The Labute approximate surface area is 251 Å². The number of thiophene rings is 1. The van der Waals surface area contributed by atoms with Crippen molar-refractivity contribution in [1.82, 2.24) is 24.1 Å². The lowest BCUT2D eigenvalue weighted by Crippen LogP contribution is -2.19. The lowest BCUT2D eigenvalue weighted by Gasteiger charge is -2.09. The van der Waals surface area contributed by atoms with Gasteiger partial charge in [-0.2, -0.15) is 0 Å². The fourth-order valence-electron chi connectivity index (χ4n) is 5.71. The van der Waals surface area contributed by atoms with Crippen LogP contribution < -0.4 is 5.69 Å². The van der Waals surface area contributed by atoms with Gasteiger partial charge in [0.1, 0.15) is 0 Å². The molecule has 0 saturated carbocycles. The number of aromatic nitrogens is 5. The second-order valence-corrected chi connectivity index (χ2v) is 11.7. The Morgan fingerprint density at radius 1 is 0.488 bits per heavy atom. The van der Waals surface area contributed by atoms with E-state index in [1.54, 1.807) is 34.6 Å². The zero-order valence-corrected chi connectivity index (χ0v) is 24.3. The summed E-state index contributed by atoms with van der Waals surface area (Å²) < 4.78 is 5.86. The molecular weight excluding hydrogens is 550 g/mol. The first-order valence-corrected chi connectivity index (χ1v) is 14.8. The molecule has 0 amide bonds. The van der Waals surface area contributed by atoms with Crippen molar-refractivity contribution in [3.05, 3.63) is 126 Å². The van der Waals surface area contributed by atoms with Crippen LogP contribution in [0.2, 0.25) is 0 Å². The number of fused-ring (bicyclic) bond motifs is 4. The second-order valence-electron chi connectivity index (χ2n) is 10.7. The highest BCUT2D eigenvalue weighted by Gasteiger charge is 2.15. The Kier molecular flexibility index (Phi) is 5.80. The third-order valence-corrected chi connectivity index (χ3v) is 9.20. The molecule has 0 spiro atoms. The van der Waals surface area contributed by atoms with Gasteiger partial charge < -0.3 is 0 Å². The summed E-state index contributed by atoms with van der Waals surface area (Å²) in [5.41, 5.74) is 6.66. The smallest absolute Gasteiger partial charge is 0.295 e. The summed E-state index contributed by atoms with van der Waals surface area (Å²) >= 11 is 1.80. The lowest BCUT2D eigenvalue weighted by atomic mass is 10.0. The van der Waals surface area contributed by atoms with E-state index in [2.05, 4.69) is 66.7 Å². The third kappa shape index (κ3) is 4.24. The Balaban J connectivity index is 1.23. The summed E-state index contributed by atoms with van der Waals surface area (Å²) in [6, 6.07) is 39.3. The van der Waals surface area contributed by atoms with Crippen LogP contribution in [0, 0.1) is 0 Å². The first-order valence-electron chi connectivity index (χ1n) is 14.0. The van der Waals surface area contributed by atoms with Gasteiger partial charge in [-0.05, 0) is 47.5 Å². The standard InChI is InChI=1S/C36H25N5OS/c1-40-29-18-16-25(21-30(29)41(2)36(40)42)22-12-14-24(15-13-22)34-37-33(23-8-4-3-5-9-23)38-35(39-34)26-17-19-32-28(20-26)27-10-6-7-11-31(27)43-32/h3-21H,1-2H3. The van der Waals surface area contributed by atoms with Gasteiger partial charge in [-0.1, -0.05) is 78.9 Å². The Morgan fingerprint density at radius 3 is 1.81 bits per heavy atom. The SMILES string of the molecule is Cn1c(=O)n(C)c2cc(-c3ccc(-c4nc(-c5ccccc5)nc(-c5ccc6sc7ccccc7c6c5)n4)cc3)ccc21. The Bertz CT molecular complexity index is 2380. The minimum Gasteiger partial charge on any atom is -0.295 e. The highest BCUT2D eigenvalue weighted by molar-refractivity contribution is 7.25. The van der Waals surface area contributed by atoms with Gasteiger partial charge in [0.25, 0.3) is 0 Å². The van der Waals surface area contributed by atoms with Crippen molar-refractivity contribution in [3.8, 4) is 45.3 Å². The predicted molar refractivity (Wildman–Crippen MR) is 176 cm³/mol. The summed E-state index contributed by atoms with van der Waals surface area (Å²) in [6.45, 7) is 0. The van der Waals surface area contributed by atoms with E-state index in [-0.39, 0.29) is 5.69 Å². The maximum atomic E-state index is 12.4. The van der Waals surface area contributed by atoms with Gasteiger partial charge in [0.15, 0.2) is 17.5 Å². The van der Waals surface area contributed by atoms with Crippen molar-refractivity contribution in [1.29, 1.82) is 0 Å². The van der Waals surface area contributed by atoms with E-state index >= 15 is 0 Å². The van der Waals surface area contributed by atoms with Gasteiger partial charge >= 0.3 is 5.69 Å². The average molecular weight is 576 g/mol. The van der Waals surface area contributed by atoms with E-state index in [4.69, 9.17) is 15.0 Å². The highest BCUT2D eigenvalue weighted by atomic mass is 32.1. The van der Waals surface area contributed by atoms with Crippen LogP contribution in [0.25, 0.3) is 76.5 Å². The van der Waals surface area contributed by atoms with Crippen LogP contribution in [-0.2, 0) is 14.1 Å². The van der Waals surface area contributed by atoms with Crippen molar-refractivity contribution >= 4 is 42.5 Å². The van der Waals surface area contributed by atoms with E-state index in [1.165, 1.54) is 20.2 Å². The predicted octanol–water partition coefficient (Wildman–Crippen LogP) is 8.10. The molecule has 0 aliphatic carbocycles. The van der Waals surface area contributed by atoms with Gasteiger partial charge in [-0.25, -0.2) is 19.7 Å². The minimum absolute atomic E-state index is 0.0336. The van der Waals surface area contributed by atoms with Crippen molar-refractivity contribution in [2.24, 2.45) is 14.1 Å². The number of rotatable bonds is 4. The second kappa shape index (κ2) is 9.86. The molecule has 8 rings (SSSR count). The van der Waals surface area contributed by atoms with Crippen molar-refractivity contribution in [2.45, 2.75) is 0 Å². The number of aryl methyl sites for hydroxylation is 2. The molecular formula is C36H25N5OS. The lowest BCUT2D eigenvalue weighted by molar-refractivity contribution is 0.795. The molecule has 8 aromatic rings. The molecule has 3 heterocycles. The molecule has 43 heavy (non-hydrogen) atoms. The fraction of sp³-hybridized carbons (Fsp3) is 0.0556. The molecule has 0 atom stereocenters. The molecule has 7 heteroatoms. The van der Waals surface area contributed by atoms with E-state index in [1.807, 2.05) is 48.5 Å². The molecule has 0 unspecified atom stereocenters. The summed E-state index contributed by atoms with van der Waals surface area (Å²) in [5, 5.41) is 2.45. The fourth-order valence-corrected chi connectivity index (χ4v) is 6.80. The number of imidazole rings is 1. The van der Waals surface area contributed by atoms with Crippen LogP contribution in [0.15, 0.2) is 120 Å². The maximum absolute atomic E-state index is 12.4. The van der Waals surface area contributed by atoms with Crippen molar-refractivity contribution in [3.63, 3.8) is 0 Å². The number of benzene rings is 5. The normalized spacial score (nSPS) is 11.6. The van der Waals surface area contributed by atoms with Crippen LogP contribution >= 0.6 is 11.3 Å². The third-order valence-electron chi connectivity index (χ3n) is 8.05. The molecule has 5 aromatic carbocycles. The van der Waals surface area contributed by atoms with Crippen LogP contribution in [-0.4, -0.2) is 24.1 Å². The zero-order valence-electron chi connectivity index (χ0n) is 23.5. The average Bonchev–Trinajstić information content (AvgIpc) is 3.54. The first-order chi connectivity index (χ1) is 21.0. The van der Waals surface area contributed by atoms with E-state index in [0.717, 1.165) is 38.9 Å². The first kappa shape index (κ1) is 25.3. The van der Waals surface area contributed by atoms with Gasteiger partial charge in [0.2, 0.25) is 0 Å². The molecule has 0 saturated heterocycles. The van der Waals surface area contributed by atoms with Crippen LogP contribution in [0.5, 0.6) is 0 Å². The summed E-state index contributed by atoms with van der Waals surface area (Å²) in [6.07, 6.45) is 0. The van der Waals surface area contributed by atoms with E-state index in [9.17, 15) is 4.79 Å². The molecule has 0 fully saturated rings. The molecule has 0 aliphatic heterocycles. The molecule has 0 aliphatic rings. The highest BCUT2D eigenvalue weighted by Crippen LogP contribution is 2.36. The quantitative estimate of drug-likeness (QED) is 0.213. The Morgan fingerprint density at radius 2 is 1.05 bits per heavy atom. The molecule has 6 nitrogen and oxygen atoms in total. The molecule has 206 valence electrons. The summed E-state index contributed by atoms with van der Waals surface area (Å²) in [5.74, 6) is 1.89. The van der Waals surface area contributed by atoms with Crippen LogP contribution in [0.4, 0.5) is 0 Å². The van der Waals surface area contributed by atoms with E-state index < -0.39 is 0 Å². The molecule has 0 radical (unpaired) electrons. The van der Waals surface area contributed by atoms with Crippen molar-refractivity contribution in [2.75, 3.05) is 0 Å². The van der Waals surface area contributed by atoms with Gasteiger partial charge in [-0.15, -0.1) is 11.3 Å². The number of nitrogens with zero attached hydrogens (tertiary/aromatic N) is 5. The summed E-state index contributed by atoms with van der Waals surface area (Å²) in [4.78, 5) is 27.2. The zero-order chi connectivity index (χ0) is 29.1. The summed E-state index contributed by atoms with van der Waals surface area (Å²) in [7, 11) is 3.60. The van der Waals surface area contributed by atoms with Gasteiger partial charge in [0.05, 0.1) is 11.0 Å². The monoisotopic (exact) mass is 575 g/mol. The van der Waals surface area contributed by atoms with Gasteiger partial charge in [-0.3, -0.25) is 9.13 Å². The minimum atomic E-state index is -0.0336.